The molecule has 5 nitrogen and oxygen atoms in total. The first kappa shape index (κ1) is 13.0. The molecule has 3 N–H and O–H groups in total. The molecule has 1 amide bonds. The molecule has 0 bridgehead atoms. The van der Waals surface area contributed by atoms with Crippen molar-refractivity contribution in [1.82, 2.24) is 5.32 Å². The van der Waals surface area contributed by atoms with Crippen LogP contribution in [0.1, 0.15) is 41.6 Å². The molecule has 1 aliphatic carbocycles. The third kappa shape index (κ3) is 2.35. The number of carboxylic acids is 1. The summed E-state index contributed by atoms with van der Waals surface area (Å²) < 4.78 is 0. The monoisotopic (exact) mass is 274 g/mol. The Balaban J connectivity index is 1.74. The lowest BCUT2D eigenvalue weighted by Gasteiger charge is -2.41. The van der Waals surface area contributed by atoms with E-state index in [2.05, 4.69) is 10.6 Å². The predicted molar refractivity (Wildman–Crippen MR) is 74.9 cm³/mol. The molecule has 5 heteroatoms. The maximum Gasteiger partial charge on any atom is 0.305 e. The fraction of sp³-hybridized carbons (Fsp3) is 0.467. The van der Waals surface area contributed by atoms with E-state index in [0.29, 0.717) is 5.56 Å². The Kier molecular flexibility index (Phi) is 3.12. The third-order valence-corrected chi connectivity index (χ3v) is 4.26. The minimum atomic E-state index is -0.861. The summed E-state index contributed by atoms with van der Waals surface area (Å²) in [5.41, 5.74) is 2.29. The number of carbonyl (C=O) groups excluding carboxylic acids is 1. The minimum absolute atomic E-state index is 0.00192. The molecular weight excluding hydrogens is 256 g/mol. The van der Waals surface area contributed by atoms with Crippen molar-refractivity contribution in [2.75, 3.05) is 11.9 Å². The molecule has 3 rings (SSSR count). The molecule has 2 aliphatic rings. The number of nitrogens with one attached hydrogen (secondary N) is 2. The van der Waals surface area contributed by atoms with E-state index in [9.17, 15) is 9.59 Å². The number of carboxylic acid groups (broad SMARTS) is 1. The van der Waals surface area contributed by atoms with Crippen LogP contribution < -0.4 is 10.6 Å². The normalized spacial score (nSPS) is 18.6. The number of carbonyl (C=O) groups is 2. The number of benzene rings is 1. The van der Waals surface area contributed by atoms with E-state index in [1.54, 1.807) is 0 Å². The zero-order valence-electron chi connectivity index (χ0n) is 11.2. The molecule has 1 fully saturated rings. The molecule has 1 aromatic carbocycles. The maximum atomic E-state index is 12.3. The van der Waals surface area contributed by atoms with Crippen LogP contribution in [0.4, 0.5) is 5.69 Å². The van der Waals surface area contributed by atoms with Crippen LogP contribution in [0.25, 0.3) is 0 Å². The molecule has 106 valence electrons. The quantitative estimate of drug-likeness (QED) is 0.782. The number of amides is 1. The van der Waals surface area contributed by atoms with Crippen molar-refractivity contribution in [3.63, 3.8) is 0 Å². The van der Waals surface area contributed by atoms with Crippen LogP contribution in [0.5, 0.6) is 0 Å². The predicted octanol–water partition coefficient (Wildman–Crippen LogP) is 1.78. The van der Waals surface area contributed by atoms with Crippen LogP contribution in [-0.4, -0.2) is 29.1 Å². The van der Waals surface area contributed by atoms with Gasteiger partial charge in [-0.05, 0) is 43.4 Å². The Bertz CT molecular complexity index is 564. The molecule has 1 heterocycles. The Morgan fingerprint density at radius 1 is 1.35 bits per heavy atom. The van der Waals surface area contributed by atoms with E-state index in [4.69, 9.17) is 5.11 Å². The first-order valence-electron chi connectivity index (χ1n) is 6.99. The molecule has 0 saturated heterocycles. The van der Waals surface area contributed by atoms with E-state index in [0.717, 1.165) is 37.9 Å². The van der Waals surface area contributed by atoms with E-state index in [1.807, 2.05) is 18.2 Å². The summed E-state index contributed by atoms with van der Waals surface area (Å²) in [4.78, 5) is 23.2. The zero-order chi connectivity index (χ0) is 14.2. The Morgan fingerprint density at radius 3 is 2.80 bits per heavy atom. The fourth-order valence-corrected chi connectivity index (χ4v) is 2.98. The number of fused-ring (bicyclic) bond motifs is 1. The molecule has 1 aromatic rings. The van der Waals surface area contributed by atoms with Crippen molar-refractivity contribution in [2.45, 2.75) is 37.6 Å². The topological polar surface area (TPSA) is 78.4 Å². The number of hydrogen-bond acceptors (Lipinski definition) is 3. The Hall–Kier alpha value is -2.04. The number of hydrogen-bond donors (Lipinski definition) is 3. The highest BCUT2D eigenvalue weighted by Crippen LogP contribution is 2.35. The van der Waals surface area contributed by atoms with Gasteiger partial charge in [0.1, 0.15) is 0 Å². The molecule has 1 aliphatic heterocycles. The van der Waals surface area contributed by atoms with Crippen molar-refractivity contribution in [1.29, 1.82) is 0 Å². The highest BCUT2D eigenvalue weighted by Gasteiger charge is 2.40. The summed E-state index contributed by atoms with van der Waals surface area (Å²) in [7, 11) is 0. The van der Waals surface area contributed by atoms with Crippen LogP contribution >= 0.6 is 0 Å². The minimum Gasteiger partial charge on any atom is -0.481 e. The highest BCUT2D eigenvalue weighted by atomic mass is 16.4. The number of rotatable bonds is 4. The van der Waals surface area contributed by atoms with Gasteiger partial charge in [0.05, 0.1) is 12.0 Å². The van der Waals surface area contributed by atoms with Gasteiger partial charge in [-0.2, -0.15) is 0 Å². The molecule has 0 radical (unpaired) electrons. The summed E-state index contributed by atoms with van der Waals surface area (Å²) in [6.45, 7) is 0.906. The smallest absolute Gasteiger partial charge is 0.305 e. The summed E-state index contributed by atoms with van der Waals surface area (Å²) in [5, 5.41) is 15.1. The van der Waals surface area contributed by atoms with Crippen LogP contribution in [0.3, 0.4) is 0 Å². The van der Waals surface area contributed by atoms with Gasteiger partial charge in [-0.25, -0.2) is 0 Å². The molecule has 0 unspecified atom stereocenters. The molecule has 0 spiro atoms. The van der Waals surface area contributed by atoms with E-state index in [-0.39, 0.29) is 12.3 Å². The standard InChI is InChI=1S/C15H18N2O3/c18-13(19)9-15(5-1-6-15)17-14(20)11-3-2-10-4-7-16-12(10)8-11/h2-3,8,16H,1,4-7,9H2,(H,17,20)(H,18,19). The van der Waals surface area contributed by atoms with Gasteiger partial charge >= 0.3 is 5.97 Å². The molecule has 0 aromatic heterocycles. The summed E-state index contributed by atoms with van der Waals surface area (Å²) in [6.07, 6.45) is 3.45. The lowest BCUT2D eigenvalue weighted by Crippen LogP contribution is -2.54. The van der Waals surface area contributed by atoms with Crippen molar-refractivity contribution >= 4 is 17.6 Å². The SMILES string of the molecule is O=C(O)CC1(NC(=O)c2ccc3c(c2)NCC3)CCC1. The van der Waals surface area contributed by atoms with Crippen LogP contribution in [0, 0.1) is 0 Å². The summed E-state index contributed by atoms with van der Waals surface area (Å²) in [5.74, 6) is -1.04. The first-order chi connectivity index (χ1) is 9.58. The van der Waals surface area contributed by atoms with Gasteiger partial charge in [-0.15, -0.1) is 0 Å². The van der Waals surface area contributed by atoms with Crippen LogP contribution in [0.2, 0.25) is 0 Å². The molecule has 20 heavy (non-hydrogen) atoms. The second-order valence-electron chi connectivity index (χ2n) is 5.71. The van der Waals surface area contributed by atoms with Gasteiger partial charge in [-0.3, -0.25) is 9.59 Å². The van der Waals surface area contributed by atoms with Crippen LogP contribution in [-0.2, 0) is 11.2 Å². The van der Waals surface area contributed by atoms with Crippen molar-refractivity contribution in [2.24, 2.45) is 0 Å². The number of anilines is 1. The summed E-state index contributed by atoms with van der Waals surface area (Å²) in [6, 6.07) is 5.63. The molecular formula is C15H18N2O3. The lowest BCUT2D eigenvalue weighted by molar-refractivity contribution is -0.139. The van der Waals surface area contributed by atoms with Gasteiger partial charge < -0.3 is 15.7 Å². The van der Waals surface area contributed by atoms with Crippen molar-refractivity contribution in [3.8, 4) is 0 Å². The van der Waals surface area contributed by atoms with E-state index >= 15 is 0 Å². The lowest BCUT2D eigenvalue weighted by atomic mass is 9.74. The fourth-order valence-electron chi connectivity index (χ4n) is 2.98. The zero-order valence-corrected chi connectivity index (χ0v) is 11.2. The Morgan fingerprint density at radius 2 is 2.15 bits per heavy atom. The van der Waals surface area contributed by atoms with E-state index < -0.39 is 11.5 Å². The van der Waals surface area contributed by atoms with Crippen molar-refractivity contribution < 1.29 is 14.7 Å². The molecule has 1 saturated carbocycles. The first-order valence-corrected chi connectivity index (χ1v) is 6.99. The second kappa shape index (κ2) is 4.81. The third-order valence-electron chi connectivity index (χ3n) is 4.26. The maximum absolute atomic E-state index is 12.3. The number of aliphatic carboxylic acids is 1. The van der Waals surface area contributed by atoms with Gasteiger partial charge in [0, 0.05) is 17.8 Å². The average molecular weight is 274 g/mol. The van der Waals surface area contributed by atoms with Crippen LogP contribution in [0.15, 0.2) is 18.2 Å². The highest BCUT2D eigenvalue weighted by molar-refractivity contribution is 5.96. The average Bonchev–Trinajstić information content (AvgIpc) is 2.82. The van der Waals surface area contributed by atoms with E-state index in [1.165, 1.54) is 5.56 Å². The summed E-state index contributed by atoms with van der Waals surface area (Å²) >= 11 is 0. The van der Waals surface area contributed by atoms with Gasteiger partial charge in [-0.1, -0.05) is 6.07 Å². The van der Waals surface area contributed by atoms with Gasteiger partial charge in [0.15, 0.2) is 0 Å². The van der Waals surface area contributed by atoms with Gasteiger partial charge in [0.2, 0.25) is 0 Å². The second-order valence-corrected chi connectivity index (χ2v) is 5.71. The molecule has 0 atom stereocenters. The van der Waals surface area contributed by atoms with Crippen molar-refractivity contribution in [3.05, 3.63) is 29.3 Å². The Labute approximate surface area is 117 Å². The van der Waals surface area contributed by atoms with Gasteiger partial charge in [0.25, 0.3) is 5.91 Å². The largest absolute Gasteiger partial charge is 0.481 e.